The molecule has 2 rings (SSSR count). The van der Waals surface area contributed by atoms with Crippen LogP contribution in [0.2, 0.25) is 0 Å². The fourth-order valence-corrected chi connectivity index (χ4v) is 2.86. The number of aliphatic hydroxyl groups is 1. The number of ether oxygens (including phenoxy) is 1. The van der Waals surface area contributed by atoms with E-state index in [-0.39, 0.29) is 6.10 Å². The van der Waals surface area contributed by atoms with E-state index in [1.807, 2.05) is 48.5 Å². The van der Waals surface area contributed by atoms with E-state index in [2.05, 4.69) is 12.1 Å². The Morgan fingerprint density at radius 1 is 0.708 bits per heavy atom. The lowest BCUT2D eigenvalue weighted by molar-refractivity contribution is 0.116. The molecule has 0 aliphatic heterocycles. The molecule has 0 saturated carbocycles. The predicted octanol–water partition coefficient (Wildman–Crippen LogP) is 5.67. The molecule has 0 aromatic heterocycles. The highest BCUT2D eigenvalue weighted by atomic mass is 16.5. The molecule has 1 unspecified atom stereocenters. The van der Waals surface area contributed by atoms with Gasteiger partial charge < -0.3 is 9.84 Å². The van der Waals surface area contributed by atoms with Crippen molar-refractivity contribution in [2.75, 3.05) is 6.61 Å². The molecule has 0 aliphatic carbocycles. The molecule has 24 heavy (non-hydrogen) atoms. The number of rotatable bonds is 12. The van der Waals surface area contributed by atoms with Crippen LogP contribution in [0.15, 0.2) is 60.7 Å². The van der Waals surface area contributed by atoms with Crippen molar-refractivity contribution in [2.24, 2.45) is 0 Å². The topological polar surface area (TPSA) is 29.5 Å². The molecule has 2 aromatic rings. The molecule has 0 amide bonds. The second-order valence-corrected chi connectivity index (χ2v) is 6.37. The summed E-state index contributed by atoms with van der Waals surface area (Å²) >= 11 is 0. The molecule has 1 atom stereocenters. The molecule has 130 valence electrons. The summed E-state index contributed by atoms with van der Waals surface area (Å²) in [6.45, 7) is 1.57. The molecular weight excluding hydrogens is 296 g/mol. The van der Waals surface area contributed by atoms with Crippen LogP contribution in [0.3, 0.4) is 0 Å². The van der Waals surface area contributed by atoms with Crippen molar-refractivity contribution in [3.8, 4) is 0 Å². The number of hydrogen-bond donors (Lipinski definition) is 1. The highest BCUT2D eigenvalue weighted by Gasteiger charge is 2.05. The van der Waals surface area contributed by atoms with Gasteiger partial charge in [0.05, 0.1) is 12.7 Å². The molecule has 0 fully saturated rings. The van der Waals surface area contributed by atoms with Crippen molar-refractivity contribution in [2.45, 2.75) is 57.7 Å². The van der Waals surface area contributed by atoms with Crippen LogP contribution in [-0.2, 0) is 11.3 Å². The van der Waals surface area contributed by atoms with Crippen LogP contribution in [0.1, 0.15) is 62.2 Å². The van der Waals surface area contributed by atoms with Gasteiger partial charge in [0.2, 0.25) is 0 Å². The van der Waals surface area contributed by atoms with Gasteiger partial charge in [0.25, 0.3) is 0 Å². The Balaban J connectivity index is 1.39. The van der Waals surface area contributed by atoms with Gasteiger partial charge in [-0.25, -0.2) is 0 Å². The summed E-state index contributed by atoms with van der Waals surface area (Å²) in [4.78, 5) is 0. The Labute approximate surface area is 146 Å². The number of aliphatic hydroxyl groups excluding tert-OH is 1. The second kappa shape index (κ2) is 11.8. The first-order valence-electron chi connectivity index (χ1n) is 9.21. The number of benzene rings is 2. The van der Waals surface area contributed by atoms with Crippen molar-refractivity contribution in [3.63, 3.8) is 0 Å². The summed E-state index contributed by atoms with van der Waals surface area (Å²) < 4.78 is 5.69. The van der Waals surface area contributed by atoms with E-state index in [1.165, 1.54) is 31.2 Å². The Hall–Kier alpha value is -1.64. The number of unbranched alkanes of at least 4 members (excludes halogenated alkanes) is 5. The first-order chi connectivity index (χ1) is 11.9. The Morgan fingerprint density at radius 3 is 2.00 bits per heavy atom. The van der Waals surface area contributed by atoms with Gasteiger partial charge in [-0.15, -0.1) is 0 Å². The van der Waals surface area contributed by atoms with Crippen molar-refractivity contribution in [1.29, 1.82) is 0 Å². The van der Waals surface area contributed by atoms with Crippen molar-refractivity contribution in [1.82, 2.24) is 0 Å². The Morgan fingerprint density at radius 2 is 1.29 bits per heavy atom. The van der Waals surface area contributed by atoms with Gasteiger partial charge in [0, 0.05) is 6.61 Å². The molecule has 0 bridgehead atoms. The van der Waals surface area contributed by atoms with Crippen LogP contribution in [-0.4, -0.2) is 11.7 Å². The molecule has 0 aliphatic rings. The lowest BCUT2D eigenvalue weighted by Gasteiger charge is -2.10. The molecule has 2 aromatic carbocycles. The zero-order valence-corrected chi connectivity index (χ0v) is 14.6. The van der Waals surface area contributed by atoms with Gasteiger partial charge in [-0.3, -0.25) is 0 Å². The third-order valence-electron chi connectivity index (χ3n) is 4.31. The quantitative estimate of drug-likeness (QED) is 0.509. The molecule has 0 heterocycles. The van der Waals surface area contributed by atoms with Gasteiger partial charge in [-0.2, -0.15) is 0 Å². The monoisotopic (exact) mass is 326 g/mol. The SMILES string of the molecule is OC(CCCCCCCCOCc1ccccc1)c1ccccc1. The number of hydrogen-bond acceptors (Lipinski definition) is 2. The van der Waals surface area contributed by atoms with Crippen LogP contribution in [0.25, 0.3) is 0 Å². The minimum Gasteiger partial charge on any atom is -0.388 e. The Kier molecular flexibility index (Phi) is 9.21. The summed E-state index contributed by atoms with van der Waals surface area (Å²) in [5.74, 6) is 0. The maximum absolute atomic E-state index is 10.1. The third kappa shape index (κ3) is 7.76. The van der Waals surface area contributed by atoms with Gasteiger partial charge in [-0.1, -0.05) is 92.8 Å². The van der Waals surface area contributed by atoms with Crippen LogP contribution in [0.4, 0.5) is 0 Å². The smallest absolute Gasteiger partial charge is 0.0790 e. The molecule has 1 N–H and O–H groups in total. The summed E-state index contributed by atoms with van der Waals surface area (Å²) in [5, 5.41) is 10.1. The predicted molar refractivity (Wildman–Crippen MR) is 99.8 cm³/mol. The Bertz CT molecular complexity index is 524. The molecular formula is C22H30O2. The van der Waals surface area contributed by atoms with E-state index < -0.39 is 0 Å². The van der Waals surface area contributed by atoms with Gasteiger partial charge in [-0.05, 0) is 24.0 Å². The zero-order chi connectivity index (χ0) is 16.9. The zero-order valence-electron chi connectivity index (χ0n) is 14.6. The summed E-state index contributed by atoms with van der Waals surface area (Å²) in [6.07, 6.45) is 7.74. The lowest BCUT2D eigenvalue weighted by atomic mass is 10.0. The van der Waals surface area contributed by atoms with E-state index in [0.717, 1.165) is 38.0 Å². The van der Waals surface area contributed by atoms with E-state index in [1.54, 1.807) is 0 Å². The summed E-state index contributed by atoms with van der Waals surface area (Å²) in [5.41, 5.74) is 2.28. The summed E-state index contributed by atoms with van der Waals surface area (Å²) in [6, 6.07) is 20.3. The van der Waals surface area contributed by atoms with Crippen LogP contribution >= 0.6 is 0 Å². The molecule has 0 saturated heterocycles. The maximum atomic E-state index is 10.1. The largest absolute Gasteiger partial charge is 0.388 e. The fourth-order valence-electron chi connectivity index (χ4n) is 2.86. The highest BCUT2D eigenvalue weighted by Crippen LogP contribution is 2.19. The highest BCUT2D eigenvalue weighted by molar-refractivity contribution is 5.17. The summed E-state index contributed by atoms with van der Waals surface area (Å²) in [7, 11) is 0. The van der Waals surface area contributed by atoms with Gasteiger partial charge >= 0.3 is 0 Å². The van der Waals surface area contributed by atoms with Crippen molar-refractivity contribution >= 4 is 0 Å². The molecule has 0 radical (unpaired) electrons. The first kappa shape index (κ1) is 18.7. The first-order valence-corrected chi connectivity index (χ1v) is 9.21. The molecule has 2 nitrogen and oxygen atoms in total. The van der Waals surface area contributed by atoms with E-state index in [0.29, 0.717) is 0 Å². The third-order valence-corrected chi connectivity index (χ3v) is 4.31. The standard InChI is InChI=1S/C22H30O2/c23-22(21-15-9-6-10-16-21)17-11-3-1-2-4-12-18-24-19-20-13-7-5-8-14-20/h5-10,13-16,22-23H,1-4,11-12,17-19H2. The van der Waals surface area contributed by atoms with Crippen molar-refractivity contribution in [3.05, 3.63) is 71.8 Å². The average molecular weight is 326 g/mol. The molecule has 0 spiro atoms. The lowest BCUT2D eigenvalue weighted by Crippen LogP contribution is -1.97. The van der Waals surface area contributed by atoms with Crippen molar-refractivity contribution < 1.29 is 9.84 Å². The van der Waals surface area contributed by atoms with Crippen LogP contribution < -0.4 is 0 Å². The van der Waals surface area contributed by atoms with E-state index >= 15 is 0 Å². The van der Waals surface area contributed by atoms with Crippen LogP contribution in [0.5, 0.6) is 0 Å². The van der Waals surface area contributed by atoms with E-state index in [4.69, 9.17) is 4.74 Å². The maximum Gasteiger partial charge on any atom is 0.0790 e. The average Bonchev–Trinajstić information content (AvgIpc) is 2.64. The van der Waals surface area contributed by atoms with Gasteiger partial charge in [0.15, 0.2) is 0 Å². The normalized spacial score (nSPS) is 12.2. The minimum absolute atomic E-state index is 0.308. The second-order valence-electron chi connectivity index (χ2n) is 6.37. The van der Waals surface area contributed by atoms with Gasteiger partial charge in [0.1, 0.15) is 0 Å². The minimum atomic E-state index is -0.308. The molecule has 2 heteroatoms. The fraction of sp³-hybridized carbons (Fsp3) is 0.455. The van der Waals surface area contributed by atoms with Crippen LogP contribution in [0, 0.1) is 0 Å². The van der Waals surface area contributed by atoms with E-state index in [9.17, 15) is 5.11 Å².